The van der Waals surface area contributed by atoms with Gasteiger partial charge in [-0.25, -0.2) is 4.79 Å². The van der Waals surface area contributed by atoms with Crippen LogP contribution in [-0.2, 0) is 7.05 Å². The highest BCUT2D eigenvalue weighted by atomic mass is 32.2. The van der Waals surface area contributed by atoms with Crippen LogP contribution in [0.15, 0.2) is 21.7 Å². The van der Waals surface area contributed by atoms with Crippen molar-refractivity contribution in [2.24, 2.45) is 7.05 Å². The van der Waals surface area contributed by atoms with Crippen LogP contribution in [0.5, 0.6) is 0 Å². The molecule has 0 radical (unpaired) electrons. The lowest BCUT2D eigenvalue weighted by Gasteiger charge is -2.07. The molecule has 0 aliphatic rings. The fourth-order valence-corrected chi connectivity index (χ4v) is 2.33. The molecule has 1 unspecified atom stereocenters. The van der Waals surface area contributed by atoms with Gasteiger partial charge in [-0.05, 0) is 26.0 Å². The average Bonchev–Trinajstić information content (AvgIpc) is 2.91. The second-order valence-corrected chi connectivity index (χ2v) is 5.16. The van der Waals surface area contributed by atoms with Crippen LogP contribution in [0.1, 0.15) is 34.3 Å². The Morgan fingerprint density at radius 1 is 1.50 bits per heavy atom. The molecule has 0 spiro atoms. The maximum absolute atomic E-state index is 10.7. The van der Waals surface area contributed by atoms with Crippen molar-refractivity contribution in [2.75, 3.05) is 0 Å². The van der Waals surface area contributed by atoms with E-state index in [-0.39, 0.29) is 11.0 Å². The van der Waals surface area contributed by atoms with Crippen LogP contribution < -0.4 is 0 Å². The number of aryl methyl sites for hydroxylation is 1. The highest BCUT2D eigenvalue weighted by Crippen LogP contribution is 2.34. The Morgan fingerprint density at radius 2 is 2.22 bits per heavy atom. The van der Waals surface area contributed by atoms with Crippen molar-refractivity contribution < 1.29 is 14.3 Å². The highest BCUT2D eigenvalue weighted by Gasteiger charge is 2.17. The number of carboxylic acids is 1. The molecule has 0 saturated heterocycles. The first kappa shape index (κ1) is 12.7. The minimum Gasteiger partial charge on any atom is -0.475 e. The van der Waals surface area contributed by atoms with Crippen molar-refractivity contribution in [3.8, 4) is 0 Å². The van der Waals surface area contributed by atoms with Crippen LogP contribution in [0.3, 0.4) is 0 Å². The molecule has 6 nitrogen and oxygen atoms in total. The maximum atomic E-state index is 10.7. The monoisotopic (exact) mass is 267 g/mol. The molecule has 2 aromatic rings. The van der Waals surface area contributed by atoms with E-state index in [0.29, 0.717) is 5.76 Å². The zero-order chi connectivity index (χ0) is 13.3. The third-order valence-electron chi connectivity index (χ3n) is 2.57. The van der Waals surface area contributed by atoms with E-state index in [4.69, 9.17) is 9.52 Å². The van der Waals surface area contributed by atoms with Crippen LogP contribution in [0.2, 0.25) is 0 Å². The summed E-state index contributed by atoms with van der Waals surface area (Å²) in [6.45, 7) is 3.80. The van der Waals surface area contributed by atoms with Crippen molar-refractivity contribution in [1.82, 2.24) is 14.8 Å². The van der Waals surface area contributed by atoms with E-state index in [0.717, 1.165) is 11.0 Å². The summed E-state index contributed by atoms with van der Waals surface area (Å²) in [7, 11) is 1.88. The Kier molecular flexibility index (Phi) is 3.42. The van der Waals surface area contributed by atoms with Crippen LogP contribution >= 0.6 is 11.8 Å². The molecule has 2 heterocycles. The Morgan fingerprint density at radius 3 is 2.72 bits per heavy atom. The topological polar surface area (TPSA) is 81.2 Å². The van der Waals surface area contributed by atoms with Gasteiger partial charge in [-0.1, -0.05) is 11.8 Å². The summed E-state index contributed by atoms with van der Waals surface area (Å²) < 4.78 is 7.13. The van der Waals surface area contributed by atoms with E-state index in [1.807, 2.05) is 25.5 Å². The van der Waals surface area contributed by atoms with Gasteiger partial charge in [0.05, 0.1) is 5.25 Å². The van der Waals surface area contributed by atoms with Gasteiger partial charge in [0.25, 0.3) is 0 Å². The summed E-state index contributed by atoms with van der Waals surface area (Å²) in [4.78, 5) is 10.7. The summed E-state index contributed by atoms with van der Waals surface area (Å²) in [6, 6.07) is 3.13. The fraction of sp³-hybridized carbons (Fsp3) is 0.364. The van der Waals surface area contributed by atoms with Crippen LogP contribution in [0, 0.1) is 6.92 Å². The lowest BCUT2D eigenvalue weighted by molar-refractivity contribution is 0.0660. The zero-order valence-corrected chi connectivity index (χ0v) is 11.1. The second kappa shape index (κ2) is 4.85. The molecular formula is C11H13N3O3S. The van der Waals surface area contributed by atoms with Crippen LogP contribution in [0.25, 0.3) is 0 Å². The largest absolute Gasteiger partial charge is 0.475 e. The molecule has 0 bridgehead atoms. The van der Waals surface area contributed by atoms with E-state index in [1.165, 1.54) is 17.8 Å². The Balaban J connectivity index is 2.14. The molecule has 0 saturated carbocycles. The SMILES string of the molecule is Cc1nnc(SC(C)c2ccc(C(=O)O)o2)n1C. The first-order valence-corrected chi connectivity index (χ1v) is 6.22. The number of thioether (sulfide) groups is 1. The lowest BCUT2D eigenvalue weighted by atomic mass is 10.3. The summed E-state index contributed by atoms with van der Waals surface area (Å²) in [5.41, 5.74) is 0. The van der Waals surface area contributed by atoms with Gasteiger partial charge in [-0.15, -0.1) is 10.2 Å². The molecule has 96 valence electrons. The number of aromatic carboxylic acids is 1. The minimum atomic E-state index is -1.06. The van der Waals surface area contributed by atoms with Gasteiger partial charge >= 0.3 is 5.97 Å². The molecule has 1 N–H and O–H groups in total. The number of rotatable bonds is 4. The van der Waals surface area contributed by atoms with E-state index < -0.39 is 5.97 Å². The number of furan rings is 1. The number of hydrogen-bond acceptors (Lipinski definition) is 5. The molecule has 7 heteroatoms. The number of nitrogens with zero attached hydrogens (tertiary/aromatic N) is 3. The summed E-state index contributed by atoms with van der Waals surface area (Å²) in [6.07, 6.45) is 0. The first-order valence-electron chi connectivity index (χ1n) is 5.34. The van der Waals surface area contributed by atoms with Gasteiger partial charge in [-0.3, -0.25) is 0 Å². The third-order valence-corrected chi connectivity index (χ3v) is 3.73. The minimum absolute atomic E-state index is 0.0274. The van der Waals surface area contributed by atoms with Crippen LogP contribution in [0.4, 0.5) is 0 Å². The first-order chi connectivity index (χ1) is 8.49. The number of hydrogen-bond donors (Lipinski definition) is 1. The molecule has 0 aliphatic carbocycles. The quantitative estimate of drug-likeness (QED) is 0.856. The Labute approximate surface area is 108 Å². The molecule has 1 atom stereocenters. The fourth-order valence-electron chi connectivity index (χ4n) is 1.39. The predicted octanol–water partition coefficient (Wildman–Crippen LogP) is 2.27. The van der Waals surface area contributed by atoms with Crippen molar-refractivity contribution in [1.29, 1.82) is 0 Å². The number of aromatic nitrogens is 3. The molecule has 0 aliphatic heterocycles. The van der Waals surface area contributed by atoms with E-state index in [9.17, 15) is 4.79 Å². The van der Waals surface area contributed by atoms with Gasteiger partial charge in [0.1, 0.15) is 11.6 Å². The molecule has 2 aromatic heterocycles. The standard InChI is InChI=1S/C11H13N3O3S/c1-6(8-4-5-9(17-8)10(15)16)18-11-13-12-7(2)14(11)3/h4-6H,1-3H3,(H,15,16). The maximum Gasteiger partial charge on any atom is 0.371 e. The average molecular weight is 267 g/mol. The number of carboxylic acid groups (broad SMARTS) is 1. The third kappa shape index (κ3) is 2.40. The van der Waals surface area contributed by atoms with Gasteiger partial charge in [-0.2, -0.15) is 0 Å². The molecule has 0 aromatic carbocycles. The Bertz CT molecular complexity index is 576. The van der Waals surface area contributed by atoms with Gasteiger partial charge in [0.2, 0.25) is 5.76 Å². The van der Waals surface area contributed by atoms with Crippen molar-refractivity contribution in [2.45, 2.75) is 24.3 Å². The van der Waals surface area contributed by atoms with E-state index >= 15 is 0 Å². The molecular weight excluding hydrogens is 254 g/mol. The molecule has 2 rings (SSSR count). The normalized spacial score (nSPS) is 12.6. The summed E-state index contributed by atoms with van der Waals surface area (Å²) in [5.74, 6) is 0.327. The van der Waals surface area contributed by atoms with E-state index in [1.54, 1.807) is 6.07 Å². The van der Waals surface area contributed by atoms with Crippen molar-refractivity contribution >= 4 is 17.7 Å². The summed E-state index contributed by atoms with van der Waals surface area (Å²) >= 11 is 1.47. The second-order valence-electron chi connectivity index (χ2n) is 3.86. The molecule has 0 amide bonds. The zero-order valence-electron chi connectivity index (χ0n) is 10.2. The van der Waals surface area contributed by atoms with Gasteiger partial charge < -0.3 is 14.1 Å². The lowest BCUT2D eigenvalue weighted by Crippen LogP contribution is -1.96. The molecule has 18 heavy (non-hydrogen) atoms. The van der Waals surface area contributed by atoms with Crippen molar-refractivity contribution in [3.63, 3.8) is 0 Å². The van der Waals surface area contributed by atoms with E-state index in [2.05, 4.69) is 10.2 Å². The highest BCUT2D eigenvalue weighted by molar-refractivity contribution is 7.99. The predicted molar refractivity (Wildman–Crippen MR) is 65.7 cm³/mol. The Hall–Kier alpha value is -1.76. The number of carbonyl (C=O) groups is 1. The smallest absolute Gasteiger partial charge is 0.371 e. The molecule has 0 fully saturated rings. The van der Waals surface area contributed by atoms with Gasteiger partial charge in [0, 0.05) is 7.05 Å². The van der Waals surface area contributed by atoms with Gasteiger partial charge in [0.15, 0.2) is 5.16 Å². The summed E-state index contributed by atoms with van der Waals surface area (Å²) in [5, 5.41) is 17.5. The van der Waals surface area contributed by atoms with Crippen molar-refractivity contribution in [3.05, 3.63) is 29.5 Å². The van der Waals surface area contributed by atoms with Crippen LogP contribution in [-0.4, -0.2) is 25.8 Å².